The van der Waals surface area contributed by atoms with Crippen molar-refractivity contribution in [3.05, 3.63) is 47.9 Å². The van der Waals surface area contributed by atoms with E-state index in [9.17, 15) is 34.1 Å². The van der Waals surface area contributed by atoms with Crippen LogP contribution in [0.15, 0.2) is 36.5 Å². The van der Waals surface area contributed by atoms with E-state index in [1.807, 2.05) is 11.1 Å². The van der Waals surface area contributed by atoms with E-state index in [1.54, 1.807) is 11.0 Å². The van der Waals surface area contributed by atoms with E-state index >= 15 is 0 Å². The molecule has 13 heteroatoms. The average Bonchev–Trinajstić information content (AvgIpc) is 3.69. The normalized spacial score (nSPS) is 41.5. The maximum Gasteiger partial charge on any atom is 0.410 e. The summed E-state index contributed by atoms with van der Waals surface area (Å²) in [7, 11) is 2.89. The lowest BCUT2D eigenvalue weighted by Crippen LogP contribution is -2.66. The maximum atomic E-state index is 13.3. The van der Waals surface area contributed by atoms with Crippen molar-refractivity contribution in [2.45, 2.75) is 177 Å². The van der Waals surface area contributed by atoms with Gasteiger partial charge >= 0.3 is 12.1 Å². The second-order valence-electron chi connectivity index (χ2n) is 22.4. The number of nitrogens with one attached hydrogen (secondary N) is 2. The molecule has 18 unspecified atom stereocenters. The molecular weight excluding hydrogens is 828 g/mol. The molecule has 6 saturated heterocycles. The molecule has 14 bridgehead atoms. The molecule has 7 heterocycles. The van der Waals surface area contributed by atoms with Crippen LogP contribution in [0.4, 0.5) is 9.18 Å². The molecule has 65 heavy (non-hydrogen) atoms. The number of aliphatic hydroxyl groups is 3. The number of aryl methyl sites for hydroxylation is 1. The zero-order chi connectivity index (χ0) is 45.1. The molecule has 6 aliphatic heterocycles. The molecule has 0 spiro atoms. The summed E-state index contributed by atoms with van der Waals surface area (Å²) in [4.78, 5) is 42.6. The Bertz CT molecular complexity index is 2050. The first-order chi connectivity index (χ1) is 31.4. The number of aromatic amines is 1. The van der Waals surface area contributed by atoms with E-state index in [-0.39, 0.29) is 54.2 Å². The van der Waals surface area contributed by atoms with Crippen molar-refractivity contribution >= 4 is 28.9 Å². The second-order valence-corrected chi connectivity index (χ2v) is 22.4. The molecule has 12 nitrogen and oxygen atoms in total. The van der Waals surface area contributed by atoms with Gasteiger partial charge in [0, 0.05) is 54.1 Å². The Morgan fingerprint density at radius 2 is 1.40 bits per heavy atom. The zero-order valence-electron chi connectivity index (χ0n) is 38.4. The summed E-state index contributed by atoms with van der Waals surface area (Å²) in [6.45, 7) is 0. The van der Waals surface area contributed by atoms with Crippen LogP contribution in [0.25, 0.3) is 10.9 Å². The first-order valence-corrected chi connectivity index (χ1v) is 25.4. The van der Waals surface area contributed by atoms with Gasteiger partial charge in [-0.2, -0.15) is 0 Å². The Hall–Kier alpha value is -3.52. The van der Waals surface area contributed by atoms with Gasteiger partial charge in [0.2, 0.25) is 5.91 Å². The number of amides is 2. The monoisotopic (exact) mass is 901 g/mol. The van der Waals surface area contributed by atoms with Gasteiger partial charge in [-0.3, -0.25) is 14.5 Å². The number of aromatic nitrogens is 1. The number of hydrogen-bond donors (Lipinski definition) is 5. The minimum absolute atomic E-state index is 0.0219. The first kappa shape index (κ1) is 45.3. The number of benzene rings is 1. The predicted molar refractivity (Wildman–Crippen MR) is 243 cm³/mol. The van der Waals surface area contributed by atoms with Crippen molar-refractivity contribution in [1.29, 1.82) is 0 Å². The molecule has 356 valence electrons. The van der Waals surface area contributed by atoms with Crippen LogP contribution in [0, 0.1) is 59.1 Å². The predicted octanol–water partition coefficient (Wildman–Crippen LogP) is 7.04. The standard InChI is InChI=1S/C20H23FN2O2.C12H18O2.C11H17NO3.C9H15NO/c21-14-2-3-16-12(10-22-17(16)9-14)1-4-19(24)23-15-6-11-5-13(8-15)20(25)18(23)7-11;1-14-12(13)8-11-6-9-3-2-4-10(5-9)7-11;1-15-11(14)12-8-3-6-2-7(5-8)10(13)9(12)4-6;11-9-6-1-5-2-7(4-6)10-8(9)3-5/h2-3,9-11,13,15,18,20,22,25H,1,4-8H2;2-3,9-11H,4-8H2,1H3;6-10,13H,2-5H2,1H3;5-11H,1-4H2. The Balaban J connectivity index is 0.000000108. The number of rotatable bonds is 5. The van der Waals surface area contributed by atoms with Crippen molar-refractivity contribution < 1.29 is 43.6 Å². The first-order valence-electron chi connectivity index (χ1n) is 25.4. The molecule has 0 radical (unpaired) electrons. The number of aliphatic hydroxyl groups excluding tert-OH is 3. The average molecular weight is 901 g/mol. The number of nitrogens with zero attached hydrogens (tertiary/aromatic N) is 2. The number of carbonyl (C=O) groups is 3. The third-order valence-corrected chi connectivity index (χ3v) is 18.3. The number of H-pyrrole nitrogens is 1. The summed E-state index contributed by atoms with van der Waals surface area (Å²) < 4.78 is 22.8. The summed E-state index contributed by atoms with van der Waals surface area (Å²) in [6.07, 6.45) is 25.7. The number of fused-ring (bicyclic) bond motifs is 3. The van der Waals surface area contributed by atoms with Crippen LogP contribution in [-0.2, 0) is 25.5 Å². The van der Waals surface area contributed by atoms with Gasteiger partial charge in [-0.05, 0) is 186 Å². The molecule has 7 saturated carbocycles. The third-order valence-electron chi connectivity index (χ3n) is 18.3. The highest BCUT2D eigenvalue weighted by Gasteiger charge is 2.55. The number of methoxy groups -OCH3 is 2. The zero-order valence-corrected chi connectivity index (χ0v) is 38.4. The molecule has 13 fully saturated rings. The number of hydrogen-bond acceptors (Lipinski definition) is 9. The van der Waals surface area contributed by atoms with Crippen LogP contribution in [0.2, 0.25) is 0 Å². The lowest BCUT2D eigenvalue weighted by atomic mass is 9.62. The molecular formula is C52H73FN4O8. The fraction of sp³-hybridized carbons (Fsp3) is 0.750. The quantitative estimate of drug-likeness (QED) is 0.157. The fourth-order valence-electron chi connectivity index (χ4n) is 15.8. The molecule has 18 atom stereocenters. The van der Waals surface area contributed by atoms with Crippen molar-refractivity contribution in [3.8, 4) is 0 Å². The van der Waals surface area contributed by atoms with E-state index in [2.05, 4.69) is 22.5 Å². The second kappa shape index (κ2) is 18.9. The lowest BCUT2D eigenvalue weighted by Gasteiger charge is -2.58. The van der Waals surface area contributed by atoms with Crippen molar-refractivity contribution in [3.63, 3.8) is 0 Å². The lowest BCUT2D eigenvalue weighted by molar-refractivity contribution is -0.168. The number of allylic oxidation sites excluding steroid dienone is 2. The summed E-state index contributed by atoms with van der Waals surface area (Å²) in [5.41, 5.74) is 1.82. The largest absolute Gasteiger partial charge is 0.469 e. The Kier molecular flexibility index (Phi) is 13.1. The van der Waals surface area contributed by atoms with Gasteiger partial charge in [0.25, 0.3) is 0 Å². The highest BCUT2D eigenvalue weighted by molar-refractivity contribution is 5.84. The van der Waals surface area contributed by atoms with E-state index in [4.69, 9.17) is 9.47 Å². The number of halogens is 1. The van der Waals surface area contributed by atoms with Gasteiger partial charge in [-0.1, -0.05) is 12.2 Å². The molecule has 14 aliphatic rings. The SMILES string of the molecule is COC(=O)CC1CC2C=CCC(C2)C1.COC(=O)N1C2CC3CC(C2)C(O)C1C3.O=C(CCc1c[nH]c2cc(F)ccc12)N1C2CC3CC(C2)C(O)C1C3.OC1C2CC3CC(C2)NC1C3. The van der Waals surface area contributed by atoms with Crippen LogP contribution in [0.1, 0.15) is 121 Å². The Labute approximate surface area is 383 Å². The molecule has 5 N–H and O–H groups in total. The summed E-state index contributed by atoms with van der Waals surface area (Å²) in [5.74, 6) is 5.80. The minimum Gasteiger partial charge on any atom is -0.469 e. The van der Waals surface area contributed by atoms with E-state index in [0.717, 1.165) is 97.5 Å². The van der Waals surface area contributed by atoms with Gasteiger partial charge in [0.1, 0.15) is 5.82 Å². The molecule has 2 amide bonds. The number of piperidine rings is 6. The third kappa shape index (κ3) is 9.26. The van der Waals surface area contributed by atoms with Crippen LogP contribution < -0.4 is 5.32 Å². The van der Waals surface area contributed by atoms with Crippen molar-refractivity contribution in [2.24, 2.45) is 53.3 Å². The molecule has 2 aromatic rings. The Morgan fingerprint density at radius 1 is 0.723 bits per heavy atom. The van der Waals surface area contributed by atoms with Gasteiger partial charge < -0.3 is 40.0 Å². The van der Waals surface area contributed by atoms with E-state index in [1.165, 1.54) is 77.7 Å². The summed E-state index contributed by atoms with van der Waals surface area (Å²) >= 11 is 0. The topological polar surface area (TPSA) is 165 Å². The highest BCUT2D eigenvalue weighted by atomic mass is 19.1. The maximum absolute atomic E-state index is 13.3. The van der Waals surface area contributed by atoms with Crippen LogP contribution in [0.5, 0.6) is 0 Å². The van der Waals surface area contributed by atoms with E-state index in [0.29, 0.717) is 67.0 Å². The smallest absolute Gasteiger partial charge is 0.410 e. The number of ether oxygens (including phenoxy) is 2. The molecule has 8 aliphatic carbocycles. The minimum atomic E-state index is -0.340. The molecule has 1 aromatic heterocycles. The van der Waals surface area contributed by atoms with Crippen LogP contribution in [0.3, 0.4) is 0 Å². The molecule has 16 rings (SSSR count). The van der Waals surface area contributed by atoms with Gasteiger partial charge in [-0.25, -0.2) is 9.18 Å². The number of esters is 1. The highest BCUT2D eigenvalue weighted by Crippen LogP contribution is 2.51. The fourth-order valence-corrected chi connectivity index (χ4v) is 15.8. The Morgan fingerprint density at radius 3 is 2.06 bits per heavy atom. The van der Waals surface area contributed by atoms with E-state index < -0.39 is 0 Å². The van der Waals surface area contributed by atoms with Crippen LogP contribution >= 0.6 is 0 Å². The molecule has 1 aromatic carbocycles. The van der Waals surface area contributed by atoms with Crippen molar-refractivity contribution in [1.82, 2.24) is 20.1 Å². The summed E-state index contributed by atoms with van der Waals surface area (Å²) in [5, 5.41) is 34.9. The van der Waals surface area contributed by atoms with Crippen LogP contribution in [-0.4, -0.2) is 117 Å². The number of carbonyl (C=O) groups excluding carboxylic acids is 3. The summed E-state index contributed by atoms with van der Waals surface area (Å²) in [6, 6.07) is 6.62. The van der Waals surface area contributed by atoms with Crippen molar-refractivity contribution in [2.75, 3.05) is 14.2 Å². The van der Waals surface area contributed by atoms with Gasteiger partial charge in [0.15, 0.2) is 0 Å². The van der Waals surface area contributed by atoms with Gasteiger partial charge in [-0.15, -0.1) is 0 Å². The van der Waals surface area contributed by atoms with Gasteiger partial charge in [0.05, 0.1) is 44.6 Å².